The van der Waals surface area contributed by atoms with Crippen molar-refractivity contribution in [1.82, 2.24) is 10.2 Å². The van der Waals surface area contributed by atoms with E-state index >= 15 is 0 Å². The van der Waals surface area contributed by atoms with Gasteiger partial charge in [0.25, 0.3) is 0 Å². The van der Waals surface area contributed by atoms with Gasteiger partial charge in [-0.15, -0.1) is 0 Å². The minimum absolute atomic E-state index is 0.00522. The van der Waals surface area contributed by atoms with E-state index in [-0.39, 0.29) is 17.7 Å². The highest BCUT2D eigenvalue weighted by Crippen LogP contribution is 2.31. The van der Waals surface area contributed by atoms with E-state index in [0.29, 0.717) is 19.5 Å². The molecule has 18 heavy (non-hydrogen) atoms. The molecule has 2 amide bonds. The number of rotatable bonds is 3. The standard InChI is InChI=1S/C13H21N3O2/c1-9(2)10(7-14)11(17)16-6-5-13(3,8-16)12(18)15-4/h9-10H,5-6,8H2,1-4H3,(H,15,18). The molecule has 1 aliphatic heterocycles. The third-order valence-electron chi connectivity index (χ3n) is 3.63. The van der Waals surface area contributed by atoms with Crippen molar-refractivity contribution >= 4 is 11.8 Å². The lowest BCUT2D eigenvalue weighted by atomic mass is 9.89. The van der Waals surface area contributed by atoms with Crippen molar-refractivity contribution in [2.45, 2.75) is 27.2 Å². The lowest BCUT2D eigenvalue weighted by Crippen LogP contribution is -2.42. The fourth-order valence-corrected chi connectivity index (χ4v) is 2.32. The predicted molar refractivity (Wildman–Crippen MR) is 67.3 cm³/mol. The van der Waals surface area contributed by atoms with Crippen LogP contribution in [0, 0.1) is 28.6 Å². The highest BCUT2D eigenvalue weighted by atomic mass is 16.2. The topological polar surface area (TPSA) is 73.2 Å². The zero-order chi connectivity index (χ0) is 13.9. The van der Waals surface area contributed by atoms with Crippen LogP contribution in [0.3, 0.4) is 0 Å². The van der Waals surface area contributed by atoms with Crippen molar-refractivity contribution in [2.75, 3.05) is 20.1 Å². The Hall–Kier alpha value is -1.57. The van der Waals surface area contributed by atoms with Crippen molar-refractivity contribution in [3.63, 3.8) is 0 Å². The van der Waals surface area contributed by atoms with Crippen LogP contribution in [0.1, 0.15) is 27.2 Å². The van der Waals surface area contributed by atoms with Crippen molar-refractivity contribution in [2.24, 2.45) is 17.3 Å². The van der Waals surface area contributed by atoms with Gasteiger partial charge in [-0.25, -0.2) is 0 Å². The molecule has 0 bridgehead atoms. The molecule has 1 rings (SSSR count). The molecule has 2 unspecified atom stereocenters. The van der Waals surface area contributed by atoms with Crippen LogP contribution in [0.15, 0.2) is 0 Å². The summed E-state index contributed by atoms with van der Waals surface area (Å²) >= 11 is 0. The van der Waals surface area contributed by atoms with E-state index in [1.165, 1.54) is 0 Å². The molecule has 5 heteroatoms. The van der Waals surface area contributed by atoms with Gasteiger partial charge in [0.1, 0.15) is 5.92 Å². The van der Waals surface area contributed by atoms with E-state index in [1.54, 1.807) is 11.9 Å². The summed E-state index contributed by atoms with van der Waals surface area (Å²) in [4.78, 5) is 25.6. The fourth-order valence-electron chi connectivity index (χ4n) is 2.32. The van der Waals surface area contributed by atoms with Crippen LogP contribution in [-0.4, -0.2) is 36.9 Å². The van der Waals surface area contributed by atoms with Crippen molar-refractivity contribution in [3.8, 4) is 6.07 Å². The first-order chi connectivity index (χ1) is 8.35. The van der Waals surface area contributed by atoms with E-state index < -0.39 is 11.3 Å². The van der Waals surface area contributed by atoms with E-state index in [1.807, 2.05) is 20.8 Å². The van der Waals surface area contributed by atoms with Crippen LogP contribution in [0.5, 0.6) is 0 Å². The first-order valence-electron chi connectivity index (χ1n) is 6.26. The zero-order valence-corrected chi connectivity index (χ0v) is 11.5. The van der Waals surface area contributed by atoms with Crippen LogP contribution in [-0.2, 0) is 9.59 Å². The number of carbonyl (C=O) groups excluding carboxylic acids is 2. The maximum Gasteiger partial charge on any atom is 0.240 e. The van der Waals surface area contributed by atoms with Gasteiger partial charge in [-0.2, -0.15) is 5.26 Å². The fraction of sp³-hybridized carbons (Fsp3) is 0.769. The molecule has 1 fully saturated rings. The molecule has 100 valence electrons. The van der Waals surface area contributed by atoms with Gasteiger partial charge >= 0.3 is 0 Å². The molecule has 2 atom stereocenters. The molecule has 1 aliphatic rings. The van der Waals surface area contributed by atoms with E-state index in [9.17, 15) is 9.59 Å². The van der Waals surface area contributed by atoms with E-state index in [2.05, 4.69) is 11.4 Å². The monoisotopic (exact) mass is 251 g/mol. The summed E-state index contributed by atoms with van der Waals surface area (Å²) in [6.07, 6.45) is 0.647. The van der Waals surface area contributed by atoms with Crippen molar-refractivity contribution in [1.29, 1.82) is 5.26 Å². The van der Waals surface area contributed by atoms with Crippen molar-refractivity contribution in [3.05, 3.63) is 0 Å². The number of hydrogen-bond acceptors (Lipinski definition) is 3. The Kier molecular flexibility index (Phi) is 4.33. The van der Waals surface area contributed by atoms with E-state index in [0.717, 1.165) is 0 Å². The molecule has 0 spiro atoms. The number of nitrogens with one attached hydrogen (secondary N) is 1. The minimum atomic E-state index is -0.614. The first kappa shape index (κ1) is 14.5. The molecule has 0 aromatic rings. The Bertz CT molecular complexity index is 386. The summed E-state index contributed by atoms with van der Waals surface area (Å²) < 4.78 is 0. The maximum atomic E-state index is 12.2. The Morgan fingerprint density at radius 1 is 1.44 bits per heavy atom. The van der Waals surface area contributed by atoms with Crippen LogP contribution in [0.4, 0.5) is 0 Å². The average molecular weight is 251 g/mol. The molecule has 1 N–H and O–H groups in total. The van der Waals surface area contributed by atoms with Gasteiger partial charge < -0.3 is 10.2 Å². The van der Waals surface area contributed by atoms with Gasteiger partial charge in [0.15, 0.2) is 0 Å². The lowest BCUT2D eigenvalue weighted by molar-refractivity contribution is -0.135. The van der Waals surface area contributed by atoms with Gasteiger partial charge in [-0.3, -0.25) is 9.59 Å². The molecule has 0 radical (unpaired) electrons. The number of amides is 2. The summed E-state index contributed by atoms with van der Waals surface area (Å²) in [5, 5.41) is 11.7. The maximum absolute atomic E-state index is 12.2. The summed E-state index contributed by atoms with van der Waals surface area (Å²) in [7, 11) is 1.60. The Labute approximate surface area is 108 Å². The molecule has 0 saturated carbocycles. The number of nitriles is 1. The second kappa shape index (κ2) is 5.38. The SMILES string of the molecule is CNC(=O)C1(C)CCN(C(=O)C(C#N)C(C)C)C1. The van der Waals surface area contributed by atoms with E-state index in [4.69, 9.17) is 5.26 Å². The molecule has 0 aromatic carbocycles. The number of hydrogen-bond donors (Lipinski definition) is 1. The molecular formula is C13H21N3O2. The highest BCUT2D eigenvalue weighted by molar-refractivity contribution is 5.86. The molecule has 0 aliphatic carbocycles. The van der Waals surface area contributed by atoms with Crippen LogP contribution >= 0.6 is 0 Å². The summed E-state index contributed by atoms with van der Waals surface area (Å²) in [5.41, 5.74) is -0.526. The lowest BCUT2D eigenvalue weighted by Gasteiger charge is -2.24. The highest BCUT2D eigenvalue weighted by Gasteiger charge is 2.43. The smallest absolute Gasteiger partial charge is 0.240 e. The van der Waals surface area contributed by atoms with Gasteiger partial charge in [0, 0.05) is 20.1 Å². The largest absolute Gasteiger partial charge is 0.359 e. The molecule has 1 heterocycles. The molecular weight excluding hydrogens is 230 g/mol. The van der Waals surface area contributed by atoms with Crippen LogP contribution in [0.2, 0.25) is 0 Å². The third kappa shape index (κ3) is 2.63. The Morgan fingerprint density at radius 3 is 2.50 bits per heavy atom. The molecule has 1 saturated heterocycles. The number of likely N-dealkylation sites (tertiary alicyclic amines) is 1. The summed E-state index contributed by atoms with van der Waals surface area (Å²) in [5.74, 6) is -0.817. The van der Waals surface area contributed by atoms with Crippen molar-refractivity contribution < 1.29 is 9.59 Å². The first-order valence-corrected chi connectivity index (χ1v) is 6.26. The van der Waals surface area contributed by atoms with Crippen LogP contribution < -0.4 is 5.32 Å². The third-order valence-corrected chi connectivity index (χ3v) is 3.63. The molecule has 5 nitrogen and oxygen atoms in total. The van der Waals surface area contributed by atoms with Gasteiger partial charge in [-0.1, -0.05) is 13.8 Å². The minimum Gasteiger partial charge on any atom is -0.359 e. The average Bonchev–Trinajstić information content (AvgIpc) is 2.72. The summed E-state index contributed by atoms with van der Waals surface area (Å²) in [6.45, 7) is 6.53. The Balaban J connectivity index is 2.76. The van der Waals surface area contributed by atoms with Crippen LogP contribution in [0.25, 0.3) is 0 Å². The normalized spacial score (nSPS) is 24.8. The predicted octanol–water partition coefficient (Wildman–Crippen LogP) is 0.767. The molecule has 0 aromatic heterocycles. The second-order valence-electron chi connectivity index (χ2n) is 5.50. The zero-order valence-electron chi connectivity index (χ0n) is 11.5. The summed E-state index contributed by atoms with van der Waals surface area (Å²) in [6, 6.07) is 2.06. The number of nitrogens with zero attached hydrogens (tertiary/aromatic N) is 2. The van der Waals surface area contributed by atoms with Gasteiger partial charge in [0.2, 0.25) is 11.8 Å². The number of carbonyl (C=O) groups is 2. The van der Waals surface area contributed by atoms with Gasteiger partial charge in [0.05, 0.1) is 11.5 Å². The Morgan fingerprint density at radius 2 is 2.06 bits per heavy atom. The quantitative estimate of drug-likeness (QED) is 0.805. The van der Waals surface area contributed by atoms with Gasteiger partial charge in [-0.05, 0) is 19.3 Å². The second-order valence-corrected chi connectivity index (χ2v) is 5.50.